The molecule has 0 unspecified atom stereocenters. The second-order valence-electron chi connectivity index (χ2n) is 6.08. The second-order valence-corrected chi connectivity index (χ2v) is 6.08. The summed E-state index contributed by atoms with van der Waals surface area (Å²) in [7, 11) is 1.75. The highest BCUT2D eigenvalue weighted by Gasteiger charge is 2.16. The zero-order valence-electron chi connectivity index (χ0n) is 14.1. The van der Waals surface area contributed by atoms with Crippen molar-refractivity contribution in [1.29, 1.82) is 0 Å². The fourth-order valence-electron chi connectivity index (χ4n) is 2.80. The number of anilines is 1. The minimum atomic E-state index is -1.02. The largest absolute Gasteiger partial charge is 0.482 e. The van der Waals surface area contributed by atoms with Gasteiger partial charge in [0.05, 0.1) is 0 Å². The lowest BCUT2D eigenvalue weighted by Crippen LogP contribution is -2.26. The van der Waals surface area contributed by atoms with Crippen LogP contribution in [0.4, 0.5) is 5.69 Å². The van der Waals surface area contributed by atoms with Gasteiger partial charge in [-0.15, -0.1) is 0 Å². The highest BCUT2D eigenvalue weighted by Crippen LogP contribution is 2.22. The minimum absolute atomic E-state index is 0.0845. The number of carboxylic acid groups (broad SMARTS) is 1. The Bertz CT molecular complexity index is 537. The van der Waals surface area contributed by atoms with Gasteiger partial charge in [-0.05, 0) is 55.9 Å². The molecular weight excluding hydrogens is 310 g/mol. The molecule has 1 fully saturated rings. The highest BCUT2D eigenvalue weighted by atomic mass is 16.5. The van der Waals surface area contributed by atoms with Crippen LogP contribution in [-0.4, -0.2) is 43.9 Å². The van der Waals surface area contributed by atoms with Gasteiger partial charge in [0.2, 0.25) is 5.91 Å². The number of aliphatic carboxylic acids is 1. The fourth-order valence-corrected chi connectivity index (χ4v) is 2.80. The van der Waals surface area contributed by atoms with Crippen molar-refractivity contribution in [1.82, 2.24) is 0 Å². The smallest absolute Gasteiger partial charge is 0.341 e. The number of nitrogens with zero attached hydrogens (tertiary/aromatic N) is 1. The molecule has 1 aromatic rings. The number of carboxylic acids is 1. The van der Waals surface area contributed by atoms with E-state index in [1.165, 1.54) is 0 Å². The van der Waals surface area contributed by atoms with Crippen LogP contribution < -0.4 is 9.64 Å². The van der Waals surface area contributed by atoms with Gasteiger partial charge in [-0.1, -0.05) is 0 Å². The summed E-state index contributed by atoms with van der Waals surface area (Å²) < 4.78 is 10.4. The van der Waals surface area contributed by atoms with E-state index in [1.54, 1.807) is 36.2 Å². The topological polar surface area (TPSA) is 76.1 Å². The monoisotopic (exact) mass is 335 g/mol. The van der Waals surface area contributed by atoms with Gasteiger partial charge in [0.1, 0.15) is 5.75 Å². The Morgan fingerprint density at radius 1 is 1.25 bits per heavy atom. The Hall–Kier alpha value is -2.08. The third kappa shape index (κ3) is 5.85. The van der Waals surface area contributed by atoms with Crippen molar-refractivity contribution >= 4 is 17.6 Å². The van der Waals surface area contributed by atoms with Crippen molar-refractivity contribution in [3.63, 3.8) is 0 Å². The van der Waals surface area contributed by atoms with Gasteiger partial charge >= 0.3 is 5.97 Å². The lowest BCUT2D eigenvalue weighted by Gasteiger charge is -2.22. The molecule has 0 saturated carbocycles. The van der Waals surface area contributed by atoms with Crippen molar-refractivity contribution < 1.29 is 24.2 Å². The van der Waals surface area contributed by atoms with Gasteiger partial charge < -0.3 is 19.5 Å². The summed E-state index contributed by atoms with van der Waals surface area (Å²) in [5.41, 5.74) is 0.772. The second kappa shape index (κ2) is 9.27. The molecule has 0 spiro atoms. The molecule has 0 radical (unpaired) electrons. The SMILES string of the molecule is CN(C(=O)CCCC1CCOCC1)c1ccc(OCC(=O)O)cc1. The van der Waals surface area contributed by atoms with E-state index in [-0.39, 0.29) is 12.5 Å². The van der Waals surface area contributed by atoms with Crippen LogP contribution in [-0.2, 0) is 14.3 Å². The Balaban J connectivity index is 1.76. The molecule has 0 atom stereocenters. The zero-order chi connectivity index (χ0) is 17.4. The van der Waals surface area contributed by atoms with Crippen LogP contribution in [0, 0.1) is 5.92 Å². The van der Waals surface area contributed by atoms with Gasteiger partial charge in [-0.2, -0.15) is 0 Å². The fraction of sp³-hybridized carbons (Fsp3) is 0.556. The molecule has 1 heterocycles. The van der Waals surface area contributed by atoms with Crippen molar-refractivity contribution in [3.8, 4) is 5.75 Å². The third-order valence-electron chi connectivity index (χ3n) is 4.30. The van der Waals surface area contributed by atoms with Gasteiger partial charge in [0, 0.05) is 32.4 Å². The number of hydrogen-bond acceptors (Lipinski definition) is 4. The van der Waals surface area contributed by atoms with E-state index in [1.807, 2.05) is 0 Å². The molecule has 1 aliphatic heterocycles. The quantitative estimate of drug-likeness (QED) is 0.790. The highest BCUT2D eigenvalue weighted by molar-refractivity contribution is 5.92. The molecule has 132 valence electrons. The van der Waals surface area contributed by atoms with Crippen molar-refractivity contribution in [2.75, 3.05) is 31.8 Å². The number of amides is 1. The molecule has 1 saturated heterocycles. The van der Waals surface area contributed by atoms with E-state index in [2.05, 4.69) is 0 Å². The summed E-state index contributed by atoms with van der Waals surface area (Å²) >= 11 is 0. The van der Waals surface area contributed by atoms with E-state index in [9.17, 15) is 9.59 Å². The molecular formula is C18H25NO5. The van der Waals surface area contributed by atoms with Crippen LogP contribution in [0.2, 0.25) is 0 Å². The van der Waals surface area contributed by atoms with E-state index >= 15 is 0 Å². The molecule has 6 heteroatoms. The molecule has 0 bridgehead atoms. The summed E-state index contributed by atoms with van der Waals surface area (Å²) in [6.07, 6.45) is 4.70. The molecule has 1 amide bonds. The number of carbonyl (C=O) groups excluding carboxylic acids is 1. The standard InChI is InChI=1S/C18H25NO5/c1-19(15-5-7-16(8-6-15)24-13-18(21)22)17(20)4-2-3-14-9-11-23-12-10-14/h5-8,14H,2-4,9-13H2,1H3,(H,21,22). The predicted octanol–water partition coefficient (Wildman–Crippen LogP) is 2.71. The number of benzene rings is 1. The summed E-state index contributed by atoms with van der Waals surface area (Å²) in [6, 6.07) is 6.86. The predicted molar refractivity (Wildman–Crippen MR) is 90.4 cm³/mol. The van der Waals surface area contributed by atoms with Gasteiger partial charge in [-0.3, -0.25) is 4.79 Å². The molecule has 6 nitrogen and oxygen atoms in total. The maximum absolute atomic E-state index is 12.3. The van der Waals surface area contributed by atoms with Crippen LogP contribution in [0.5, 0.6) is 5.75 Å². The summed E-state index contributed by atoms with van der Waals surface area (Å²) in [4.78, 5) is 24.4. The molecule has 1 aliphatic rings. The van der Waals surface area contributed by atoms with Crippen LogP contribution in [0.25, 0.3) is 0 Å². The maximum Gasteiger partial charge on any atom is 0.341 e. The summed E-state index contributed by atoms with van der Waals surface area (Å²) in [6.45, 7) is 1.31. The first-order chi connectivity index (χ1) is 11.6. The number of ether oxygens (including phenoxy) is 2. The van der Waals surface area contributed by atoms with Crippen molar-refractivity contribution in [2.45, 2.75) is 32.1 Å². The van der Waals surface area contributed by atoms with E-state index in [4.69, 9.17) is 14.6 Å². The van der Waals surface area contributed by atoms with Crippen LogP contribution in [0.1, 0.15) is 32.1 Å². The van der Waals surface area contributed by atoms with Crippen molar-refractivity contribution in [3.05, 3.63) is 24.3 Å². The first-order valence-electron chi connectivity index (χ1n) is 8.35. The lowest BCUT2D eigenvalue weighted by atomic mass is 9.94. The molecule has 2 rings (SSSR count). The molecule has 0 aromatic heterocycles. The minimum Gasteiger partial charge on any atom is -0.482 e. The van der Waals surface area contributed by atoms with Crippen molar-refractivity contribution in [2.24, 2.45) is 5.92 Å². The Labute approximate surface area is 142 Å². The summed E-state index contributed by atoms with van der Waals surface area (Å²) in [5.74, 6) is 0.223. The van der Waals surface area contributed by atoms with Gasteiger partial charge in [-0.25, -0.2) is 4.79 Å². The third-order valence-corrected chi connectivity index (χ3v) is 4.30. The number of hydrogen-bond donors (Lipinski definition) is 1. The van der Waals surface area contributed by atoms with Crippen LogP contribution >= 0.6 is 0 Å². The molecule has 1 aromatic carbocycles. The van der Waals surface area contributed by atoms with E-state index in [0.717, 1.165) is 44.6 Å². The zero-order valence-corrected chi connectivity index (χ0v) is 14.1. The Morgan fingerprint density at radius 2 is 1.92 bits per heavy atom. The molecule has 0 aliphatic carbocycles. The average Bonchev–Trinajstić information content (AvgIpc) is 2.60. The first-order valence-corrected chi connectivity index (χ1v) is 8.35. The van der Waals surface area contributed by atoms with E-state index in [0.29, 0.717) is 18.1 Å². The number of carbonyl (C=O) groups is 2. The first kappa shape index (κ1) is 18.3. The van der Waals surface area contributed by atoms with E-state index < -0.39 is 5.97 Å². The van der Waals surface area contributed by atoms with Gasteiger partial charge in [0.15, 0.2) is 6.61 Å². The van der Waals surface area contributed by atoms with Crippen LogP contribution in [0.15, 0.2) is 24.3 Å². The van der Waals surface area contributed by atoms with Crippen LogP contribution in [0.3, 0.4) is 0 Å². The molecule has 24 heavy (non-hydrogen) atoms. The molecule has 1 N–H and O–H groups in total. The lowest BCUT2D eigenvalue weighted by molar-refractivity contribution is -0.139. The Kier molecular flexibility index (Phi) is 7.06. The summed E-state index contributed by atoms with van der Waals surface area (Å²) in [5, 5.41) is 8.58. The maximum atomic E-state index is 12.3. The number of rotatable bonds is 8. The van der Waals surface area contributed by atoms with Gasteiger partial charge in [0.25, 0.3) is 0 Å². The normalized spacial score (nSPS) is 15.0. The Morgan fingerprint density at radius 3 is 2.54 bits per heavy atom. The average molecular weight is 335 g/mol.